The van der Waals surface area contributed by atoms with Crippen LogP contribution in [0.2, 0.25) is 0 Å². The Morgan fingerprint density at radius 1 is 1.04 bits per heavy atom. The topological polar surface area (TPSA) is 68.5 Å². The lowest BCUT2D eigenvalue weighted by molar-refractivity contribution is 0.0636. The van der Waals surface area contributed by atoms with E-state index >= 15 is 0 Å². The molecule has 1 heterocycles. The molecule has 0 aliphatic carbocycles. The van der Waals surface area contributed by atoms with Crippen molar-refractivity contribution in [2.75, 3.05) is 5.32 Å². The lowest BCUT2D eigenvalue weighted by Gasteiger charge is -2.19. The molecule has 0 saturated heterocycles. The minimum atomic E-state index is -0.561. The monoisotopic (exact) mass is 337 g/mol. The maximum Gasteiger partial charge on any atom is 0.412 e. The van der Waals surface area contributed by atoms with E-state index in [1.165, 1.54) is 0 Å². The number of ether oxygens (including phenoxy) is 1. The van der Waals surface area contributed by atoms with Gasteiger partial charge in [0.2, 0.25) is 0 Å². The molecule has 0 atom stereocenters. The minimum absolute atomic E-state index is 0.397. The first kappa shape index (κ1) is 16.8. The van der Waals surface area contributed by atoms with E-state index in [1.807, 2.05) is 18.2 Å². The zero-order chi connectivity index (χ0) is 18.0. The molecule has 0 aliphatic heterocycles. The van der Waals surface area contributed by atoms with E-state index in [4.69, 9.17) is 9.15 Å². The van der Waals surface area contributed by atoms with Gasteiger partial charge in [0.05, 0.1) is 5.56 Å². The zero-order valence-electron chi connectivity index (χ0n) is 14.3. The number of rotatable bonds is 2. The highest BCUT2D eigenvalue weighted by Crippen LogP contribution is 2.22. The smallest absolute Gasteiger partial charge is 0.412 e. The fourth-order valence-corrected chi connectivity index (χ4v) is 2.42. The van der Waals surface area contributed by atoms with Crippen LogP contribution in [0.15, 0.2) is 63.8 Å². The number of anilines is 1. The predicted molar refractivity (Wildman–Crippen MR) is 97.8 cm³/mol. The molecule has 3 aromatic rings. The molecule has 0 saturated carbocycles. The Balaban J connectivity index is 1.84. The first-order valence-corrected chi connectivity index (χ1v) is 7.95. The Labute approximate surface area is 145 Å². The second-order valence-electron chi connectivity index (χ2n) is 6.69. The van der Waals surface area contributed by atoms with Gasteiger partial charge in [-0.1, -0.05) is 30.3 Å². The maximum atomic E-state index is 12.2. The molecule has 2 aromatic carbocycles. The van der Waals surface area contributed by atoms with Gasteiger partial charge in [-0.25, -0.2) is 9.59 Å². The van der Waals surface area contributed by atoms with E-state index in [9.17, 15) is 9.59 Å². The highest BCUT2D eigenvalue weighted by molar-refractivity contribution is 5.86. The summed E-state index contributed by atoms with van der Waals surface area (Å²) >= 11 is 0. The Morgan fingerprint density at radius 3 is 2.40 bits per heavy atom. The number of para-hydroxylation sites is 1. The van der Waals surface area contributed by atoms with Crippen molar-refractivity contribution in [1.82, 2.24) is 0 Å². The van der Waals surface area contributed by atoms with Crippen LogP contribution in [0.1, 0.15) is 20.8 Å². The third kappa shape index (κ3) is 4.07. The first-order valence-electron chi connectivity index (χ1n) is 7.95. The van der Waals surface area contributed by atoms with Crippen LogP contribution in [-0.4, -0.2) is 11.7 Å². The Morgan fingerprint density at radius 2 is 1.72 bits per heavy atom. The summed E-state index contributed by atoms with van der Waals surface area (Å²) in [4.78, 5) is 24.0. The molecule has 128 valence electrons. The molecule has 25 heavy (non-hydrogen) atoms. The number of hydrogen-bond donors (Lipinski definition) is 1. The Bertz CT molecular complexity index is 965. The number of carbonyl (C=O) groups is 1. The van der Waals surface area contributed by atoms with Crippen molar-refractivity contribution >= 4 is 22.7 Å². The summed E-state index contributed by atoms with van der Waals surface area (Å²) in [6.07, 6.45) is -0.523. The summed E-state index contributed by atoms with van der Waals surface area (Å²) in [6, 6.07) is 16.1. The summed E-state index contributed by atoms with van der Waals surface area (Å²) in [5.74, 6) is 0. The molecule has 0 spiro atoms. The van der Waals surface area contributed by atoms with Crippen LogP contribution in [0.25, 0.3) is 22.1 Å². The average Bonchev–Trinajstić information content (AvgIpc) is 2.53. The highest BCUT2D eigenvalue weighted by Gasteiger charge is 2.16. The average molecular weight is 337 g/mol. The SMILES string of the molecule is CC(C)(C)OC(=O)Nc1ccc(-c2cc3ccccc3oc2=O)cc1. The molecule has 0 aliphatic rings. The summed E-state index contributed by atoms with van der Waals surface area (Å²) in [7, 11) is 0. The third-order valence-electron chi connectivity index (χ3n) is 3.48. The molecular formula is C20H19NO4. The van der Waals surface area contributed by atoms with Crippen LogP contribution in [-0.2, 0) is 4.74 Å². The second kappa shape index (κ2) is 6.43. The van der Waals surface area contributed by atoms with Crippen molar-refractivity contribution in [2.45, 2.75) is 26.4 Å². The van der Waals surface area contributed by atoms with Gasteiger partial charge in [-0.15, -0.1) is 0 Å². The minimum Gasteiger partial charge on any atom is -0.444 e. The summed E-state index contributed by atoms with van der Waals surface area (Å²) < 4.78 is 10.6. The quantitative estimate of drug-likeness (QED) is 0.682. The van der Waals surface area contributed by atoms with E-state index in [1.54, 1.807) is 57.2 Å². The number of benzene rings is 2. The molecule has 3 rings (SSSR count). The number of amides is 1. The van der Waals surface area contributed by atoms with Gasteiger partial charge in [-0.05, 0) is 50.6 Å². The van der Waals surface area contributed by atoms with E-state index < -0.39 is 17.3 Å². The molecule has 1 amide bonds. The third-order valence-corrected chi connectivity index (χ3v) is 3.48. The van der Waals surface area contributed by atoms with Gasteiger partial charge in [-0.2, -0.15) is 0 Å². The largest absolute Gasteiger partial charge is 0.444 e. The fraction of sp³-hybridized carbons (Fsp3) is 0.200. The molecule has 5 nitrogen and oxygen atoms in total. The Kier molecular flexibility index (Phi) is 4.31. The van der Waals surface area contributed by atoms with Gasteiger partial charge in [0.15, 0.2) is 0 Å². The first-order chi connectivity index (χ1) is 11.8. The van der Waals surface area contributed by atoms with E-state index in [2.05, 4.69) is 5.32 Å². The highest BCUT2D eigenvalue weighted by atomic mass is 16.6. The molecule has 5 heteroatoms. The van der Waals surface area contributed by atoms with Gasteiger partial charge in [0, 0.05) is 11.1 Å². The second-order valence-corrected chi connectivity index (χ2v) is 6.69. The summed E-state index contributed by atoms with van der Waals surface area (Å²) in [6.45, 7) is 5.40. The van der Waals surface area contributed by atoms with Gasteiger partial charge in [-0.3, -0.25) is 5.32 Å². The van der Waals surface area contributed by atoms with Gasteiger partial charge in [0.1, 0.15) is 11.2 Å². The van der Waals surface area contributed by atoms with Gasteiger partial charge >= 0.3 is 11.7 Å². The van der Waals surface area contributed by atoms with Crippen molar-refractivity contribution in [3.05, 3.63) is 65.0 Å². The van der Waals surface area contributed by atoms with Crippen LogP contribution in [0.4, 0.5) is 10.5 Å². The number of nitrogens with one attached hydrogen (secondary N) is 1. The van der Waals surface area contributed by atoms with Crippen molar-refractivity contribution in [1.29, 1.82) is 0 Å². The molecule has 0 unspecified atom stereocenters. The van der Waals surface area contributed by atoms with Crippen LogP contribution in [0.3, 0.4) is 0 Å². The molecular weight excluding hydrogens is 318 g/mol. The van der Waals surface area contributed by atoms with Crippen molar-refractivity contribution in [3.8, 4) is 11.1 Å². The lowest BCUT2D eigenvalue weighted by atomic mass is 10.1. The van der Waals surface area contributed by atoms with E-state index in [0.29, 0.717) is 22.4 Å². The molecule has 0 radical (unpaired) electrons. The van der Waals surface area contributed by atoms with Crippen molar-refractivity contribution in [2.24, 2.45) is 0 Å². The normalized spacial score (nSPS) is 11.3. The van der Waals surface area contributed by atoms with E-state index in [0.717, 1.165) is 5.39 Å². The van der Waals surface area contributed by atoms with Crippen molar-refractivity contribution < 1.29 is 13.9 Å². The molecule has 0 bridgehead atoms. The molecule has 1 aromatic heterocycles. The van der Waals surface area contributed by atoms with Crippen LogP contribution in [0, 0.1) is 0 Å². The predicted octanol–water partition coefficient (Wildman–Crippen LogP) is 4.81. The van der Waals surface area contributed by atoms with Crippen LogP contribution < -0.4 is 10.9 Å². The molecule has 1 N–H and O–H groups in total. The molecule has 0 fully saturated rings. The number of carbonyl (C=O) groups excluding carboxylic acids is 1. The van der Waals surface area contributed by atoms with Crippen molar-refractivity contribution in [3.63, 3.8) is 0 Å². The summed E-state index contributed by atoms with van der Waals surface area (Å²) in [5, 5.41) is 3.51. The standard InChI is InChI=1S/C20H19NO4/c1-20(2,3)25-19(23)21-15-10-8-13(9-11-15)16-12-14-6-4-5-7-17(14)24-18(16)22/h4-12H,1-3H3,(H,21,23). The fourth-order valence-electron chi connectivity index (χ4n) is 2.42. The Hall–Kier alpha value is -3.08. The maximum absolute atomic E-state index is 12.2. The number of hydrogen-bond acceptors (Lipinski definition) is 4. The van der Waals surface area contributed by atoms with Gasteiger partial charge in [0.25, 0.3) is 0 Å². The van der Waals surface area contributed by atoms with Crippen LogP contribution in [0.5, 0.6) is 0 Å². The zero-order valence-corrected chi connectivity index (χ0v) is 14.3. The summed E-state index contributed by atoms with van der Waals surface area (Å²) in [5.41, 5.74) is 1.37. The number of fused-ring (bicyclic) bond motifs is 1. The van der Waals surface area contributed by atoms with E-state index in [-0.39, 0.29) is 0 Å². The lowest BCUT2D eigenvalue weighted by Crippen LogP contribution is -2.27. The van der Waals surface area contributed by atoms with Crippen LogP contribution >= 0.6 is 0 Å². The van der Waals surface area contributed by atoms with Gasteiger partial charge < -0.3 is 9.15 Å².